The molecule has 2 aromatic rings. The van der Waals surface area contributed by atoms with Crippen molar-refractivity contribution in [3.63, 3.8) is 0 Å². The Labute approximate surface area is 249 Å². The lowest BCUT2D eigenvalue weighted by atomic mass is 9.94. The number of hydrogen-bond donors (Lipinski definition) is 2. The summed E-state index contributed by atoms with van der Waals surface area (Å²) in [7, 11) is 0. The highest BCUT2D eigenvalue weighted by Gasteiger charge is 2.33. The van der Waals surface area contributed by atoms with Crippen molar-refractivity contribution >= 4 is 23.5 Å². The van der Waals surface area contributed by atoms with Crippen LogP contribution in [-0.2, 0) is 20.7 Å². The Kier molecular flexibility index (Phi) is 12.5. The number of rotatable bonds is 13. The van der Waals surface area contributed by atoms with E-state index in [1.54, 1.807) is 17.0 Å². The van der Waals surface area contributed by atoms with E-state index in [0.717, 1.165) is 17.7 Å². The van der Waals surface area contributed by atoms with Crippen molar-refractivity contribution in [2.24, 2.45) is 5.92 Å². The summed E-state index contributed by atoms with van der Waals surface area (Å²) in [6.07, 6.45) is 7.54. The number of likely N-dealkylation sites (tertiary alicyclic amines) is 1. The summed E-state index contributed by atoms with van der Waals surface area (Å²) < 4.78 is 11.2. The van der Waals surface area contributed by atoms with E-state index in [1.807, 2.05) is 47.4 Å². The third kappa shape index (κ3) is 9.76. The fourth-order valence-corrected chi connectivity index (χ4v) is 5.51. The van der Waals surface area contributed by atoms with Gasteiger partial charge < -0.3 is 29.9 Å². The van der Waals surface area contributed by atoms with Crippen LogP contribution < -0.4 is 15.4 Å². The SMILES string of the molecule is CCCCCCCOc1ccc(NC(=O)N[C@@H](Cc2ccccc2)C(=O)N2CCC(C(=O)N3CCOCC3)CC2)cc1. The molecule has 2 saturated heterocycles. The summed E-state index contributed by atoms with van der Waals surface area (Å²) in [5.41, 5.74) is 1.58. The van der Waals surface area contributed by atoms with Gasteiger partial charge in [-0.05, 0) is 49.1 Å². The fraction of sp³-hybridized carbons (Fsp3) is 0.545. The van der Waals surface area contributed by atoms with Gasteiger partial charge in [0.2, 0.25) is 11.8 Å². The summed E-state index contributed by atoms with van der Waals surface area (Å²) in [5.74, 6) is 0.717. The number of nitrogens with zero attached hydrogens (tertiary/aromatic N) is 2. The molecule has 0 radical (unpaired) electrons. The molecule has 2 heterocycles. The number of nitrogens with one attached hydrogen (secondary N) is 2. The van der Waals surface area contributed by atoms with Crippen LogP contribution in [0, 0.1) is 5.92 Å². The Balaban J connectivity index is 1.29. The predicted octanol–water partition coefficient (Wildman–Crippen LogP) is 4.87. The second-order valence-electron chi connectivity index (χ2n) is 11.2. The lowest BCUT2D eigenvalue weighted by Gasteiger charge is -2.36. The molecule has 42 heavy (non-hydrogen) atoms. The summed E-state index contributed by atoms with van der Waals surface area (Å²) in [5, 5.41) is 5.76. The van der Waals surface area contributed by atoms with E-state index in [4.69, 9.17) is 9.47 Å². The van der Waals surface area contributed by atoms with Crippen molar-refractivity contribution in [3.8, 4) is 5.75 Å². The highest BCUT2D eigenvalue weighted by atomic mass is 16.5. The molecular weight excluding hydrogens is 532 g/mol. The van der Waals surface area contributed by atoms with Gasteiger partial charge in [0.25, 0.3) is 0 Å². The fourth-order valence-electron chi connectivity index (χ4n) is 5.51. The summed E-state index contributed by atoms with van der Waals surface area (Å²) >= 11 is 0. The van der Waals surface area contributed by atoms with E-state index in [-0.39, 0.29) is 17.7 Å². The molecule has 9 heteroatoms. The van der Waals surface area contributed by atoms with Crippen LogP contribution in [0.25, 0.3) is 0 Å². The van der Waals surface area contributed by atoms with Gasteiger partial charge in [0.05, 0.1) is 19.8 Å². The molecule has 0 aromatic heterocycles. The highest BCUT2D eigenvalue weighted by molar-refractivity contribution is 5.94. The molecule has 0 saturated carbocycles. The quantitative estimate of drug-likeness (QED) is 0.331. The van der Waals surface area contributed by atoms with Gasteiger partial charge in [0, 0.05) is 44.2 Å². The zero-order valence-electron chi connectivity index (χ0n) is 24.9. The largest absolute Gasteiger partial charge is 0.494 e. The Bertz CT molecular complexity index is 1110. The first-order valence-corrected chi connectivity index (χ1v) is 15.5. The topological polar surface area (TPSA) is 100 Å². The van der Waals surface area contributed by atoms with Gasteiger partial charge in [-0.15, -0.1) is 0 Å². The molecule has 1 atom stereocenters. The van der Waals surface area contributed by atoms with Gasteiger partial charge in [-0.2, -0.15) is 0 Å². The van der Waals surface area contributed by atoms with Crippen molar-refractivity contribution < 1.29 is 23.9 Å². The number of unbranched alkanes of at least 4 members (excludes halogenated alkanes) is 4. The first-order valence-electron chi connectivity index (χ1n) is 15.5. The number of morpholine rings is 1. The average Bonchev–Trinajstić information content (AvgIpc) is 3.03. The van der Waals surface area contributed by atoms with Crippen LogP contribution in [0.3, 0.4) is 0 Å². The van der Waals surface area contributed by atoms with E-state index in [1.165, 1.54) is 25.7 Å². The van der Waals surface area contributed by atoms with Gasteiger partial charge in [0.1, 0.15) is 11.8 Å². The van der Waals surface area contributed by atoms with Gasteiger partial charge >= 0.3 is 6.03 Å². The highest BCUT2D eigenvalue weighted by Crippen LogP contribution is 2.22. The number of anilines is 1. The molecule has 2 aliphatic heterocycles. The third-order valence-electron chi connectivity index (χ3n) is 7.99. The Hall–Kier alpha value is -3.59. The van der Waals surface area contributed by atoms with E-state index < -0.39 is 12.1 Å². The van der Waals surface area contributed by atoms with Crippen molar-refractivity contribution in [2.45, 2.75) is 64.3 Å². The minimum absolute atomic E-state index is 0.0796. The minimum atomic E-state index is -0.728. The molecule has 0 spiro atoms. The zero-order valence-corrected chi connectivity index (χ0v) is 24.9. The molecule has 9 nitrogen and oxygen atoms in total. The van der Waals surface area contributed by atoms with Gasteiger partial charge in [-0.25, -0.2) is 4.79 Å². The van der Waals surface area contributed by atoms with Crippen LogP contribution in [0.4, 0.5) is 10.5 Å². The minimum Gasteiger partial charge on any atom is -0.494 e. The molecule has 0 bridgehead atoms. The summed E-state index contributed by atoms with van der Waals surface area (Å²) in [6, 6.07) is 15.8. The lowest BCUT2D eigenvalue weighted by Crippen LogP contribution is -2.53. The average molecular weight is 579 g/mol. The van der Waals surface area contributed by atoms with Crippen LogP contribution >= 0.6 is 0 Å². The molecule has 0 unspecified atom stereocenters. The zero-order chi connectivity index (χ0) is 29.6. The van der Waals surface area contributed by atoms with Crippen LogP contribution in [0.15, 0.2) is 54.6 Å². The first kappa shape index (κ1) is 31.3. The number of carbonyl (C=O) groups is 3. The van der Waals surface area contributed by atoms with Gasteiger partial charge in [-0.1, -0.05) is 62.9 Å². The second-order valence-corrected chi connectivity index (χ2v) is 11.2. The number of amides is 4. The van der Waals surface area contributed by atoms with Crippen molar-refractivity contribution in [2.75, 3.05) is 51.3 Å². The monoisotopic (exact) mass is 578 g/mol. The van der Waals surface area contributed by atoms with E-state index in [2.05, 4.69) is 17.6 Å². The summed E-state index contributed by atoms with van der Waals surface area (Å²) in [6.45, 7) is 6.29. The maximum atomic E-state index is 13.7. The van der Waals surface area contributed by atoms with E-state index in [0.29, 0.717) is 70.9 Å². The van der Waals surface area contributed by atoms with Crippen LogP contribution in [0.1, 0.15) is 57.4 Å². The third-order valence-corrected chi connectivity index (χ3v) is 7.99. The Morgan fingerprint density at radius 1 is 0.881 bits per heavy atom. The standard InChI is InChI=1S/C33H46N4O5/c1-2-3-4-5-9-22-42-29-14-12-28(13-15-29)34-33(40)35-30(25-26-10-7-6-8-11-26)32(39)36-18-16-27(17-19-36)31(38)37-20-23-41-24-21-37/h6-8,10-15,27,30H,2-5,9,16-25H2,1H3,(H2,34,35,40)/t30-/m0/s1. The predicted molar refractivity (Wildman–Crippen MR) is 163 cm³/mol. The molecular formula is C33H46N4O5. The Morgan fingerprint density at radius 3 is 2.26 bits per heavy atom. The second kappa shape index (κ2) is 16.8. The smallest absolute Gasteiger partial charge is 0.319 e. The molecule has 2 fully saturated rings. The van der Waals surface area contributed by atoms with Gasteiger partial charge in [-0.3, -0.25) is 9.59 Å². The molecule has 4 amide bonds. The number of piperidine rings is 1. The first-order chi connectivity index (χ1) is 20.5. The maximum Gasteiger partial charge on any atom is 0.319 e. The van der Waals surface area contributed by atoms with Crippen LogP contribution in [-0.4, -0.2) is 79.7 Å². The van der Waals surface area contributed by atoms with Crippen molar-refractivity contribution in [1.82, 2.24) is 15.1 Å². The number of benzene rings is 2. The number of carbonyl (C=O) groups excluding carboxylic acids is 3. The van der Waals surface area contributed by atoms with Crippen molar-refractivity contribution in [1.29, 1.82) is 0 Å². The number of urea groups is 1. The maximum absolute atomic E-state index is 13.7. The lowest BCUT2D eigenvalue weighted by molar-refractivity contribution is -0.144. The van der Waals surface area contributed by atoms with Crippen molar-refractivity contribution in [3.05, 3.63) is 60.2 Å². The molecule has 4 rings (SSSR count). The van der Waals surface area contributed by atoms with Crippen LogP contribution in [0.5, 0.6) is 5.75 Å². The number of ether oxygens (including phenoxy) is 2. The summed E-state index contributed by atoms with van der Waals surface area (Å²) in [4.78, 5) is 43.3. The van der Waals surface area contributed by atoms with Gasteiger partial charge in [0.15, 0.2) is 0 Å². The molecule has 2 N–H and O–H groups in total. The normalized spacial score (nSPS) is 16.5. The molecule has 228 valence electrons. The molecule has 0 aliphatic carbocycles. The van der Waals surface area contributed by atoms with E-state index in [9.17, 15) is 14.4 Å². The number of hydrogen-bond acceptors (Lipinski definition) is 5. The van der Waals surface area contributed by atoms with Crippen LogP contribution in [0.2, 0.25) is 0 Å². The molecule has 2 aromatic carbocycles. The molecule has 2 aliphatic rings. The Morgan fingerprint density at radius 2 is 1.57 bits per heavy atom. The van der Waals surface area contributed by atoms with E-state index >= 15 is 0 Å².